The highest BCUT2D eigenvalue weighted by molar-refractivity contribution is 5.83. The molecule has 2 N–H and O–H groups in total. The molecule has 7 nitrogen and oxygen atoms in total. The Kier molecular flexibility index (Phi) is 3.31. The summed E-state index contributed by atoms with van der Waals surface area (Å²) >= 11 is 0. The molecule has 20 heavy (non-hydrogen) atoms. The lowest BCUT2D eigenvalue weighted by Crippen LogP contribution is -2.37. The third kappa shape index (κ3) is 2.03. The first kappa shape index (κ1) is 13.3. The van der Waals surface area contributed by atoms with Crippen LogP contribution in [0, 0.1) is 0 Å². The summed E-state index contributed by atoms with van der Waals surface area (Å²) in [4.78, 5) is 14.7. The summed E-state index contributed by atoms with van der Waals surface area (Å²) in [5.41, 5.74) is 1.33. The van der Waals surface area contributed by atoms with E-state index in [1.54, 1.807) is 10.9 Å². The van der Waals surface area contributed by atoms with Crippen molar-refractivity contribution >= 4 is 17.0 Å². The first-order chi connectivity index (χ1) is 9.59. The van der Waals surface area contributed by atoms with E-state index in [2.05, 4.69) is 15.0 Å². The van der Waals surface area contributed by atoms with Gasteiger partial charge in [0.15, 0.2) is 17.0 Å². The highest BCUT2D eigenvalue weighted by Crippen LogP contribution is 2.32. The zero-order valence-corrected chi connectivity index (χ0v) is 11.6. The summed E-state index contributed by atoms with van der Waals surface area (Å²) in [6.45, 7) is 0. The minimum absolute atomic E-state index is 0.390. The second-order valence-electron chi connectivity index (χ2n) is 5.47. The molecule has 3 rings (SSSR count). The number of imidazole rings is 1. The van der Waals surface area contributed by atoms with Crippen molar-refractivity contribution in [2.45, 2.75) is 37.5 Å². The molecule has 3 atom stereocenters. The van der Waals surface area contributed by atoms with E-state index in [-0.39, 0.29) is 0 Å². The van der Waals surface area contributed by atoms with Crippen molar-refractivity contribution in [2.75, 3.05) is 19.0 Å². The quantitative estimate of drug-likeness (QED) is 0.823. The molecular formula is C13H19N5O2. The van der Waals surface area contributed by atoms with Gasteiger partial charge in [-0.1, -0.05) is 0 Å². The molecule has 108 valence electrons. The van der Waals surface area contributed by atoms with Gasteiger partial charge in [-0.05, 0) is 19.3 Å². The number of nitrogens with zero attached hydrogens (tertiary/aromatic N) is 5. The van der Waals surface area contributed by atoms with E-state index in [1.807, 2.05) is 19.0 Å². The number of aliphatic hydroxyl groups is 2. The molecule has 1 aliphatic rings. The van der Waals surface area contributed by atoms with Gasteiger partial charge in [0.1, 0.15) is 6.33 Å². The van der Waals surface area contributed by atoms with Crippen LogP contribution in [0.25, 0.3) is 11.2 Å². The molecule has 0 aromatic carbocycles. The van der Waals surface area contributed by atoms with Crippen LogP contribution in [-0.2, 0) is 0 Å². The van der Waals surface area contributed by atoms with E-state index in [4.69, 9.17) is 0 Å². The Morgan fingerprint density at radius 2 is 1.85 bits per heavy atom. The first-order valence-corrected chi connectivity index (χ1v) is 6.80. The summed E-state index contributed by atoms with van der Waals surface area (Å²) in [7, 11) is 3.79. The number of anilines is 1. The monoisotopic (exact) mass is 277 g/mol. The highest BCUT2D eigenvalue weighted by atomic mass is 16.3. The Morgan fingerprint density at radius 3 is 2.50 bits per heavy atom. The van der Waals surface area contributed by atoms with Crippen LogP contribution in [-0.4, -0.2) is 56.0 Å². The highest BCUT2D eigenvalue weighted by Gasteiger charge is 2.33. The molecule has 0 amide bonds. The van der Waals surface area contributed by atoms with Gasteiger partial charge in [0.2, 0.25) is 0 Å². The summed E-state index contributed by atoms with van der Waals surface area (Å²) in [6, 6.07) is -0.390. The number of aliphatic hydroxyl groups excluding tert-OH is 2. The Hall–Kier alpha value is -1.73. The summed E-state index contributed by atoms with van der Waals surface area (Å²) in [5.74, 6) is 0.730. The first-order valence-electron chi connectivity index (χ1n) is 6.80. The lowest BCUT2D eigenvalue weighted by atomic mass is 9.90. The maximum Gasteiger partial charge on any atom is 0.165 e. The maximum absolute atomic E-state index is 10.2. The van der Waals surface area contributed by atoms with Crippen molar-refractivity contribution in [3.8, 4) is 0 Å². The fourth-order valence-corrected chi connectivity index (χ4v) is 2.89. The van der Waals surface area contributed by atoms with Crippen LogP contribution < -0.4 is 4.90 Å². The van der Waals surface area contributed by atoms with E-state index in [9.17, 15) is 10.2 Å². The van der Waals surface area contributed by atoms with Crippen LogP contribution in [0.3, 0.4) is 0 Å². The van der Waals surface area contributed by atoms with Crippen molar-refractivity contribution < 1.29 is 10.2 Å². The Labute approximate surface area is 116 Å². The zero-order valence-electron chi connectivity index (χ0n) is 11.6. The van der Waals surface area contributed by atoms with Gasteiger partial charge in [-0.15, -0.1) is 0 Å². The molecule has 2 heterocycles. The van der Waals surface area contributed by atoms with Crippen molar-refractivity contribution in [3.05, 3.63) is 12.7 Å². The molecule has 0 aliphatic heterocycles. The Bertz CT molecular complexity index is 602. The molecular weight excluding hydrogens is 258 g/mol. The van der Waals surface area contributed by atoms with E-state index in [0.717, 1.165) is 12.2 Å². The molecule has 0 spiro atoms. The second kappa shape index (κ2) is 4.99. The van der Waals surface area contributed by atoms with Gasteiger partial charge in [0, 0.05) is 14.1 Å². The molecule has 0 saturated heterocycles. The molecule has 7 heteroatoms. The fourth-order valence-electron chi connectivity index (χ4n) is 2.89. The topological polar surface area (TPSA) is 87.3 Å². The van der Waals surface area contributed by atoms with Crippen LogP contribution in [0.15, 0.2) is 12.7 Å². The van der Waals surface area contributed by atoms with Crippen LogP contribution in [0.1, 0.15) is 25.3 Å². The third-order valence-electron chi connectivity index (χ3n) is 3.87. The zero-order chi connectivity index (χ0) is 14.3. The average Bonchev–Trinajstić information content (AvgIpc) is 2.82. The third-order valence-corrected chi connectivity index (χ3v) is 3.87. The number of aromatic nitrogens is 4. The average molecular weight is 277 g/mol. The molecule has 2 aromatic heterocycles. The predicted molar refractivity (Wildman–Crippen MR) is 74.6 cm³/mol. The normalized spacial score (nSPS) is 26.9. The summed E-state index contributed by atoms with van der Waals surface area (Å²) in [5, 5.41) is 20.4. The second-order valence-corrected chi connectivity index (χ2v) is 5.47. The van der Waals surface area contributed by atoms with E-state index >= 15 is 0 Å². The van der Waals surface area contributed by atoms with Gasteiger partial charge in [0.05, 0.1) is 24.6 Å². The lowest BCUT2D eigenvalue weighted by Gasteiger charge is -2.33. The van der Waals surface area contributed by atoms with Gasteiger partial charge >= 0.3 is 0 Å². The Balaban J connectivity index is 2.10. The fraction of sp³-hybridized carbons (Fsp3) is 0.615. The van der Waals surface area contributed by atoms with Gasteiger partial charge in [-0.25, -0.2) is 15.0 Å². The van der Waals surface area contributed by atoms with Gasteiger partial charge in [-0.2, -0.15) is 0 Å². The SMILES string of the molecule is CN(C)c1ncnc2c1ncn2C1[C@H](O)CCC[C@@H]1O. The molecule has 0 bridgehead atoms. The van der Waals surface area contributed by atoms with Crippen LogP contribution in [0.5, 0.6) is 0 Å². The Morgan fingerprint density at radius 1 is 1.15 bits per heavy atom. The van der Waals surface area contributed by atoms with Crippen molar-refractivity contribution in [3.63, 3.8) is 0 Å². The molecule has 1 saturated carbocycles. The van der Waals surface area contributed by atoms with E-state index in [1.165, 1.54) is 6.33 Å². The molecule has 2 aromatic rings. The lowest BCUT2D eigenvalue weighted by molar-refractivity contribution is -0.0141. The number of fused-ring (bicyclic) bond motifs is 1. The van der Waals surface area contributed by atoms with Crippen LogP contribution in [0.4, 0.5) is 5.82 Å². The largest absolute Gasteiger partial charge is 0.391 e. The van der Waals surface area contributed by atoms with Crippen LogP contribution >= 0.6 is 0 Å². The van der Waals surface area contributed by atoms with Crippen LogP contribution in [0.2, 0.25) is 0 Å². The smallest absolute Gasteiger partial charge is 0.165 e. The van der Waals surface area contributed by atoms with E-state index < -0.39 is 18.2 Å². The summed E-state index contributed by atoms with van der Waals surface area (Å²) in [6.07, 6.45) is 4.18. The van der Waals surface area contributed by atoms with Gasteiger partial charge in [-0.3, -0.25) is 0 Å². The minimum atomic E-state index is -0.575. The number of hydrogen-bond acceptors (Lipinski definition) is 6. The number of rotatable bonds is 2. The number of hydrogen-bond donors (Lipinski definition) is 2. The standard InChI is InChI=1S/C13H19N5O2/c1-17(2)12-10-13(15-6-14-12)18(7-16-10)11-8(19)4-3-5-9(11)20/h6-9,11,19-20H,3-5H2,1-2H3/t8-,9+,11?. The molecule has 0 radical (unpaired) electrons. The van der Waals surface area contributed by atoms with Crippen molar-refractivity contribution in [2.24, 2.45) is 0 Å². The summed E-state index contributed by atoms with van der Waals surface area (Å²) < 4.78 is 1.78. The minimum Gasteiger partial charge on any atom is -0.391 e. The predicted octanol–water partition coefficient (Wildman–Crippen LogP) is 0.339. The van der Waals surface area contributed by atoms with Crippen molar-refractivity contribution in [1.29, 1.82) is 0 Å². The van der Waals surface area contributed by atoms with Gasteiger partial charge in [0.25, 0.3) is 0 Å². The molecule has 1 unspecified atom stereocenters. The van der Waals surface area contributed by atoms with E-state index in [0.29, 0.717) is 24.0 Å². The molecule has 1 fully saturated rings. The maximum atomic E-state index is 10.2. The molecule has 1 aliphatic carbocycles. The van der Waals surface area contributed by atoms with Gasteiger partial charge < -0.3 is 19.7 Å². The van der Waals surface area contributed by atoms with Crippen molar-refractivity contribution in [1.82, 2.24) is 19.5 Å².